The molecule has 1 amide bonds. The number of methoxy groups -OCH3 is 1. The van der Waals surface area contributed by atoms with Crippen molar-refractivity contribution in [3.05, 3.63) is 29.6 Å². The molecule has 1 aromatic rings. The van der Waals surface area contributed by atoms with E-state index in [-0.39, 0.29) is 23.3 Å². The van der Waals surface area contributed by atoms with Gasteiger partial charge in [0.1, 0.15) is 11.4 Å². The Kier molecular flexibility index (Phi) is 4.33. The Morgan fingerprint density at radius 1 is 1.40 bits per heavy atom. The van der Waals surface area contributed by atoms with Crippen LogP contribution in [-0.2, 0) is 14.3 Å². The van der Waals surface area contributed by atoms with Gasteiger partial charge in [0, 0.05) is 17.9 Å². The maximum absolute atomic E-state index is 14.1. The highest BCUT2D eigenvalue weighted by Gasteiger charge is 2.70. The zero-order valence-corrected chi connectivity index (χ0v) is 14.6. The number of fused-ring (bicyclic) bond motifs is 1. The molecule has 25 heavy (non-hydrogen) atoms. The van der Waals surface area contributed by atoms with Crippen molar-refractivity contribution in [1.29, 1.82) is 0 Å². The molecule has 3 N–H and O–H groups in total. The molecule has 7 heteroatoms. The van der Waals surface area contributed by atoms with Crippen LogP contribution in [0.4, 0.5) is 10.1 Å². The van der Waals surface area contributed by atoms with Crippen molar-refractivity contribution >= 4 is 17.6 Å². The minimum absolute atomic E-state index is 0.0803. The first-order valence-electron chi connectivity index (χ1n) is 8.33. The first-order chi connectivity index (χ1) is 11.7. The van der Waals surface area contributed by atoms with Crippen LogP contribution in [0, 0.1) is 17.2 Å². The second-order valence-electron chi connectivity index (χ2n) is 7.27. The summed E-state index contributed by atoms with van der Waals surface area (Å²) in [5, 5.41) is 2.56. The quantitative estimate of drug-likeness (QED) is 0.815. The van der Waals surface area contributed by atoms with Crippen LogP contribution >= 0.6 is 0 Å². The highest BCUT2D eigenvalue weighted by molar-refractivity contribution is 6.01. The smallest absolute Gasteiger partial charge is 0.337 e. The van der Waals surface area contributed by atoms with E-state index in [1.807, 2.05) is 13.8 Å². The molecular formula is C18H23FN2O4. The molecule has 3 unspecified atom stereocenters. The molecule has 1 aliphatic heterocycles. The van der Waals surface area contributed by atoms with E-state index in [2.05, 4.69) is 10.1 Å². The maximum Gasteiger partial charge on any atom is 0.337 e. The number of ether oxygens (including phenoxy) is 2. The molecule has 0 spiro atoms. The van der Waals surface area contributed by atoms with Crippen LogP contribution in [0.2, 0.25) is 0 Å². The molecule has 0 aromatic heterocycles. The van der Waals surface area contributed by atoms with Crippen molar-refractivity contribution in [3.8, 4) is 0 Å². The molecule has 0 radical (unpaired) electrons. The standard InChI is InChI=1S/C18H23FN2O4/c1-17(2)14-11(5-4-8-25-14)18(17,20)16(23)21-13-9-10(15(22)24-3)6-7-12(13)19/h6-7,9,11,14H,4-5,8,20H2,1-3H3,(H,21,23). The number of amides is 1. The fourth-order valence-electron chi connectivity index (χ4n) is 4.13. The highest BCUT2D eigenvalue weighted by Crippen LogP contribution is 2.57. The lowest BCUT2D eigenvalue weighted by atomic mass is 9.46. The van der Waals surface area contributed by atoms with Gasteiger partial charge in [0.25, 0.3) is 0 Å². The van der Waals surface area contributed by atoms with E-state index < -0.39 is 28.6 Å². The lowest BCUT2D eigenvalue weighted by Gasteiger charge is -2.65. The van der Waals surface area contributed by atoms with E-state index >= 15 is 0 Å². The van der Waals surface area contributed by atoms with Gasteiger partial charge in [-0.1, -0.05) is 13.8 Å². The first-order valence-corrected chi connectivity index (χ1v) is 8.33. The minimum Gasteiger partial charge on any atom is -0.465 e. The molecule has 136 valence electrons. The molecule has 3 atom stereocenters. The van der Waals surface area contributed by atoms with E-state index in [1.165, 1.54) is 19.2 Å². The Balaban J connectivity index is 1.86. The number of esters is 1. The predicted octanol–water partition coefficient (Wildman–Crippen LogP) is 2.08. The summed E-state index contributed by atoms with van der Waals surface area (Å²) < 4.78 is 24.5. The molecule has 1 saturated carbocycles. The summed E-state index contributed by atoms with van der Waals surface area (Å²) in [5.74, 6) is -1.82. The Labute approximate surface area is 145 Å². The zero-order valence-electron chi connectivity index (χ0n) is 14.6. The number of hydrogen-bond donors (Lipinski definition) is 2. The Morgan fingerprint density at radius 3 is 2.80 bits per heavy atom. The van der Waals surface area contributed by atoms with E-state index in [0.29, 0.717) is 6.61 Å². The molecular weight excluding hydrogens is 327 g/mol. The van der Waals surface area contributed by atoms with Gasteiger partial charge in [-0.05, 0) is 31.0 Å². The van der Waals surface area contributed by atoms with E-state index in [9.17, 15) is 14.0 Å². The van der Waals surface area contributed by atoms with Crippen molar-refractivity contribution < 1.29 is 23.5 Å². The number of rotatable bonds is 3. The maximum atomic E-state index is 14.1. The van der Waals surface area contributed by atoms with Gasteiger partial charge in [0.05, 0.1) is 24.5 Å². The summed E-state index contributed by atoms with van der Waals surface area (Å²) in [4.78, 5) is 24.5. The average Bonchev–Trinajstić information content (AvgIpc) is 2.61. The van der Waals surface area contributed by atoms with Gasteiger partial charge in [-0.25, -0.2) is 9.18 Å². The number of benzene rings is 1. The summed E-state index contributed by atoms with van der Waals surface area (Å²) in [6.07, 6.45) is 1.56. The number of carbonyl (C=O) groups excluding carboxylic acids is 2. The molecule has 6 nitrogen and oxygen atoms in total. The molecule has 2 fully saturated rings. The lowest BCUT2D eigenvalue weighted by Crippen LogP contribution is -2.81. The molecule has 0 bridgehead atoms. The number of anilines is 1. The normalized spacial score (nSPS) is 30.0. The minimum atomic E-state index is -1.16. The molecule has 3 rings (SSSR count). The van der Waals surface area contributed by atoms with Crippen LogP contribution in [-0.4, -0.2) is 37.2 Å². The van der Waals surface area contributed by atoms with Crippen molar-refractivity contribution in [2.45, 2.75) is 38.3 Å². The molecule has 1 aliphatic carbocycles. The monoisotopic (exact) mass is 350 g/mol. The summed E-state index contributed by atoms with van der Waals surface area (Å²) in [5.41, 5.74) is 4.82. The van der Waals surface area contributed by atoms with Gasteiger partial charge < -0.3 is 20.5 Å². The SMILES string of the molecule is COC(=O)c1ccc(F)c(NC(=O)C2(N)C3CCCOC3C2(C)C)c1. The topological polar surface area (TPSA) is 90.7 Å². The van der Waals surface area contributed by atoms with Gasteiger partial charge in [0.15, 0.2) is 0 Å². The molecule has 1 heterocycles. The second kappa shape index (κ2) is 6.07. The van der Waals surface area contributed by atoms with Crippen LogP contribution in [0.25, 0.3) is 0 Å². The Morgan fingerprint density at radius 2 is 2.12 bits per heavy atom. The van der Waals surface area contributed by atoms with Crippen LogP contribution in [0.1, 0.15) is 37.0 Å². The van der Waals surface area contributed by atoms with Gasteiger partial charge >= 0.3 is 5.97 Å². The fraction of sp³-hybridized carbons (Fsp3) is 0.556. The molecule has 1 aromatic carbocycles. The number of nitrogens with one attached hydrogen (secondary N) is 1. The van der Waals surface area contributed by atoms with E-state index in [0.717, 1.165) is 18.9 Å². The van der Waals surface area contributed by atoms with Gasteiger partial charge in [-0.15, -0.1) is 0 Å². The summed E-state index contributed by atoms with van der Waals surface area (Å²) in [6.45, 7) is 4.44. The Bertz CT molecular complexity index is 721. The average molecular weight is 350 g/mol. The van der Waals surface area contributed by atoms with Gasteiger partial charge in [-0.3, -0.25) is 4.79 Å². The van der Waals surface area contributed by atoms with E-state index in [4.69, 9.17) is 10.5 Å². The third-order valence-corrected chi connectivity index (χ3v) is 5.70. The van der Waals surface area contributed by atoms with E-state index in [1.54, 1.807) is 0 Å². The van der Waals surface area contributed by atoms with Crippen LogP contribution in [0.15, 0.2) is 18.2 Å². The summed E-state index contributed by atoms with van der Waals surface area (Å²) >= 11 is 0. The van der Waals surface area contributed by atoms with Gasteiger partial charge in [0.2, 0.25) is 5.91 Å². The second-order valence-corrected chi connectivity index (χ2v) is 7.27. The van der Waals surface area contributed by atoms with Gasteiger partial charge in [-0.2, -0.15) is 0 Å². The number of halogens is 1. The number of carbonyl (C=O) groups is 2. The summed E-state index contributed by atoms with van der Waals surface area (Å²) in [7, 11) is 1.24. The number of hydrogen-bond acceptors (Lipinski definition) is 5. The largest absolute Gasteiger partial charge is 0.465 e. The lowest BCUT2D eigenvalue weighted by molar-refractivity contribution is -0.222. The fourth-order valence-corrected chi connectivity index (χ4v) is 4.13. The molecule has 1 saturated heterocycles. The zero-order chi connectivity index (χ0) is 18.4. The van der Waals surface area contributed by atoms with Crippen molar-refractivity contribution in [2.75, 3.05) is 19.0 Å². The van der Waals surface area contributed by atoms with Crippen LogP contribution in [0.3, 0.4) is 0 Å². The number of nitrogens with two attached hydrogens (primary N) is 1. The first kappa shape index (κ1) is 17.8. The predicted molar refractivity (Wildman–Crippen MR) is 89.5 cm³/mol. The summed E-state index contributed by atoms with van der Waals surface area (Å²) in [6, 6.07) is 3.67. The van der Waals surface area contributed by atoms with Crippen molar-refractivity contribution in [2.24, 2.45) is 17.1 Å². The Hall–Kier alpha value is -1.99. The third-order valence-electron chi connectivity index (χ3n) is 5.70. The molecule has 2 aliphatic rings. The van der Waals surface area contributed by atoms with Crippen molar-refractivity contribution in [3.63, 3.8) is 0 Å². The third kappa shape index (κ3) is 2.53. The van der Waals surface area contributed by atoms with Crippen LogP contribution in [0.5, 0.6) is 0 Å². The highest BCUT2D eigenvalue weighted by atomic mass is 19.1. The van der Waals surface area contributed by atoms with Crippen molar-refractivity contribution in [1.82, 2.24) is 0 Å². The van der Waals surface area contributed by atoms with Crippen LogP contribution < -0.4 is 11.1 Å².